The molecule has 1 fully saturated rings. The van der Waals surface area contributed by atoms with Gasteiger partial charge < -0.3 is 4.74 Å². The van der Waals surface area contributed by atoms with E-state index in [2.05, 4.69) is 77.8 Å². The Hall–Kier alpha value is -1.39. The zero-order valence-electron chi connectivity index (χ0n) is 20.2. The number of carbonyl (C=O) groups excluding carboxylic acids is 1. The molecule has 0 bridgehead atoms. The number of hydroxylamine groups is 2. The Morgan fingerprint density at radius 1 is 1.13 bits per heavy atom. The molecule has 0 aliphatic carbocycles. The largest absolute Gasteiger partial charge is 0.462 e. The molecule has 0 N–H and O–H groups in total. The molecule has 1 heterocycles. The van der Waals surface area contributed by atoms with Gasteiger partial charge in [-0.05, 0) is 38.7 Å². The highest BCUT2D eigenvalue weighted by Gasteiger charge is 2.57. The monoisotopic (exact) mass is 417 g/mol. The van der Waals surface area contributed by atoms with Gasteiger partial charge in [-0.3, -0.25) is 9.63 Å². The van der Waals surface area contributed by atoms with Crippen LogP contribution >= 0.6 is 0 Å². The topological polar surface area (TPSA) is 38.8 Å². The average Bonchev–Trinajstić information content (AvgIpc) is 2.74. The lowest BCUT2D eigenvalue weighted by Gasteiger charge is -2.60. The summed E-state index contributed by atoms with van der Waals surface area (Å²) in [7, 11) is 0. The highest BCUT2D eigenvalue weighted by atomic mass is 16.7. The molecule has 0 spiro atoms. The highest BCUT2D eigenvalue weighted by molar-refractivity contribution is 5.69. The molecule has 0 radical (unpaired) electrons. The Kier molecular flexibility index (Phi) is 8.93. The molecule has 1 saturated heterocycles. The summed E-state index contributed by atoms with van der Waals surface area (Å²) < 4.78 is 6.10. The Balaban J connectivity index is 2.23. The van der Waals surface area contributed by atoms with Gasteiger partial charge in [0.2, 0.25) is 0 Å². The summed E-state index contributed by atoms with van der Waals surface area (Å²) in [6.45, 7) is 15.4. The van der Waals surface area contributed by atoms with Crippen LogP contribution in [0, 0.1) is 5.41 Å². The standard InChI is InChI=1S/C26H43NO3/c1-8-11-13-18-24(28)29-23-19-22(9-2)27(26(7,10-3)25(23,5)6)30-20(4)21-16-14-12-15-17-21/h12,14-17,20,22-23H,8-11,13,18-19H2,1-7H3. The summed E-state index contributed by atoms with van der Waals surface area (Å²) in [4.78, 5) is 19.2. The van der Waals surface area contributed by atoms with Crippen molar-refractivity contribution in [1.29, 1.82) is 0 Å². The van der Waals surface area contributed by atoms with Gasteiger partial charge in [0.15, 0.2) is 0 Å². The first-order valence-corrected chi connectivity index (χ1v) is 11.9. The van der Waals surface area contributed by atoms with Crippen LogP contribution in [0.4, 0.5) is 0 Å². The fraction of sp³-hybridized carbons (Fsp3) is 0.731. The normalized spacial score (nSPS) is 27.6. The number of hydrogen-bond donors (Lipinski definition) is 0. The number of rotatable bonds is 10. The van der Waals surface area contributed by atoms with Crippen LogP contribution in [-0.2, 0) is 14.4 Å². The first-order valence-electron chi connectivity index (χ1n) is 11.9. The van der Waals surface area contributed by atoms with Gasteiger partial charge in [-0.2, -0.15) is 5.06 Å². The number of nitrogens with zero attached hydrogens (tertiary/aromatic N) is 1. The zero-order chi connectivity index (χ0) is 22.4. The highest BCUT2D eigenvalue weighted by Crippen LogP contribution is 2.50. The molecule has 0 aromatic heterocycles. The van der Waals surface area contributed by atoms with Crippen molar-refractivity contribution in [3.05, 3.63) is 35.9 Å². The van der Waals surface area contributed by atoms with Crippen LogP contribution in [0.15, 0.2) is 30.3 Å². The zero-order valence-corrected chi connectivity index (χ0v) is 20.2. The quantitative estimate of drug-likeness (QED) is 0.308. The van der Waals surface area contributed by atoms with Gasteiger partial charge in [-0.1, -0.05) is 77.8 Å². The van der Waals surface area contributed by atoms with E-state index in [-0.39, 0.29) is 35.2 Å². The van der Waals surface area contributed by atoms with Crippen molar-refractivity contribution in [3.63, 3.8) is 0 Å². The van der Waals surface area contributed by atoms with Gasteiger partial charge >= 0.3 is 5.97 Å². The molecule has 4 heteroatoms. The second-order valence-electron chi connectivity index (χ2n) is 9.57. The number of carbonyl (C=O) groups is 1. The molecule has 1 aliphatic heterocycles. The SMILES string of the molecule is CCCCCC(=O)OC1CC(CC)N(OC(C)c2ccccc2)C(C)(CC)C1(C)C. The Labute approximate surface area is 184 Å². The Morgan fingerprint density at radius 3 is 2.37 bits per heavy atom. The van der Waals surface area contributed by atoms with Crippen molar-refractivity contribution < 1.29 is 14.4 Å². The molecule has 4 nitrogen and oxygen atoms in total. The molecule has 30 heavy (non-hydrogen) atoms. The van der Waals surface area contributed by atoms with Crippen LogP contribution in [0.5, 0.6) is 0 Å². The van der Waals surface area contributed by atoms with Crippen LogP contribution in [-0.4, -0.2) is 28.7 Å². The van der Waals surface area contributed by atoms with Crippen LogP contribution in [0.1, 0.15) is 105 Å². The number of unbranched alkanes of at least 4 members (excludes halogenated alkanes) is 2. The second kappa shape index (κ2) is 10.8. The number of esters is 1. The third-order valence-corrected chi connectivity index (χ3v) is 7.46. The van der Waals surface area contributed by atoms with E-state index in [1.165, 1.54) is 5.56 Å². The molecule has 1 aliphatic rings. The second-order valence-corrected chi connectivity index (χ2v) is 9.57. The fourth-order valence-electron chi connectivity index (χ4n) is 4.71. The molecular formula is C26H43NO3. The Morgan fingerprint density at radius 2 is 1.80 bits per heavy atom. The van der Waals surface area contributed by atoms with Crippen molar-refractivity contribution in [1.82, 2.24) is 5.06 Å². The van der Waals surface area contributed by atoms with Gasteiger partial charge in [-0.15, -0.1) is 0 Å². The first-order chi connectivity index (χ1) is 14.2. The molecular weight excluding hydrogens is 374 g/mol. The third kappa shape index (κ3) is 5.26. The molecule has 2 rings (SSSR count). The van der Waals surface area contributed by atoms with E-state index in [1.807, 2.05) is 6.07 Å². The van der Waals surface area contributed by atoms with Crippen LogP contribution in [0.25, 0.3) is 0 Å². The van der Waals surface area contributed by atoms with E-state index >= 15 is 0 Å². The smallest absolute Gasteiger partial charge is 0.306 e. The summed E-state index contributed by atoms with van der Waals surface area (Å²) in [6.07, 6.45) is 6.16. The predicted octanol–water partition coefficient (Wildman–Crippen LogP) is 6.85. The van der Waals surface area contributed by atoms with E-state index < -0.39 is 0 Å². The molecule has 1 aromatic rings. The average molecular weight is 418 g/mol. The number of piperidine rings is 1. The molecule has 4 unspecified atom stereocenters. The summed E-state index contributed by atoms with van der Waals surface area (Å²) in [5.41, 5.74) is 0.696. The summed E-state index contributed by atoms with van der Waals surface area (Å²) in [5, 5.41) is 2.24. The molecule has 0 amide bonds. The minimum Gasteiger partial charge on any atom is -0.462 e. The number of ether oxygens (including phenoxy) is 1. The maximum absolute atomic E-state index is 12.5. The molecule has 170 valence electrons. The van der Waals surface area contributed by atoms with Gasteiger partial charge in [-0.25, -0.2) is 0 Å². The number of benzene rings is 1. The predicted molar refractivity (Wildman–Crippen MR) is 123 cm³/mol. The van der Waals surface area contributed by atoms with Crippen LogP contribution < -0.4 is 0 Å². The minimum absolute atomic E-state index is 0.0323. The maximum Gasteiger partial charge on any atom is 0.306 e. The lowest BCUT2D eigenvalue weighted by molar-refractivity contribution is -0.327. The van der Waals surface area contributed by atoms with E-state index in [0.29, 0.717) is 6.42 Å². The van der Waals surface area contributed by atoms with Gasteiger partial charge in [0, 0.05) is 24.3 Å². The van der Waals surface area contributed by atoms with Crippen molar-refractivity contribution in [3.8, 4) is 0 Å². The lowest BCUT2D eigenvalue weighted by Crippen LogP contribution is -2.68. The first kappa shape index (κ1) is 24.9. The lowest BCUT2D eigenvalue weighted by atomic mass is 9.63. The number of hydrogen-bond acceptors (Lipinski definition) is 4. The summed E-state index contributed by atoms with van der Waals surface area (Å²) in [5.74, 6) is -0.0538. The van der Waals surface area contributed by atoms with E-state index in [9.17, 15) is 4.79 Å². The van der Waals surface area contributed by atoms with Crippen LogP contribution in [0.3, 0.4) is 0 Å². The molecule has 4 atom stereocenters. The van der Waals surface area contributed by atoms with Crippen molar-refractivity contribution >= 4 is 5.97 Å². The van der Waals surface area contributed by atoms with Crippen molar-refractivity contribution in [2.75, 3.05) is 0 Å². The van der Waals surface area contributed by atoms with Crippen molar-refractivity contribution in [2.24, 2.45) is 5.41 Å². The van der Waals surface area contributed by atoms with Gasteiger partial charge in [0.05, 0.1) is 5.54 Å². The van der Waals surface area contributed by atoms with Crippen LogP contribution in [0.2, 0.25) is 0 Å². The van der Waals surface area contributed by atoms with Gasteiger partial charge in [0.1, 0.15) is 12.2 Å². The van der Waals surface area contributed by atoms with E-state index in [0.717, 1.165) is 38.5 Å². The summed E-state index contributed by atoms with van der Waals surface area (Å²) in [6, 6.07) is 10.6. The third-order valence-electron chi connectivity index (χ3n) is 7.46. The van der Waals surface area contributed by atoms with E-state index in [4.69, 9.17) is 9.57 Å². The van der Waals surface area contributed by atoms with E-state index in [1.54, 1.807) is 0 Å². The minimum atomic E-state index is -0.247. The fourth-order valence-corrected chi connectivity index (χ4v) is 4.71. The maximum atomic E-state index is 12.5. The van der Waals surface area contributed by atoms with Crippen molar-refractivity contribution in [2.45, 2.75) is 117 Å². The van der Waals surface area contributed by atoms with Gasteiger partial charge in [0.25, 0.3) is 0 Å². The summed E-state index contributed by atoms with van der Waals surface area (Å²) >= 11 is 0. The molecule has 1 aromatic carbocycles. The molecule has 0 saturated carbocycles. The Bertz CT molecular complexity index is 660.